The van der Waals surface area contributed by atoms with Gasteiger partial charge in [0.1, 0.15) is 5.82 Å². The predicted molar refractivity (Wildman–Crippen MR) is 65.8 cm³/mol. The van der Waals surface area contributed by atoms with Crippen LogP contribution in [0, 0.1) is 11.7 Å². The van der Waals surface area contributed by atoms with Gasteiger partial charge in [-0.15, -0.1) is 0 Å². The van der Waals surface area contributed by atoms with Crippen LogP contribution in [0.5, 0.6) is 0 Å². The molecular weight excluding hydrogens is 203 g/mol. The first-order chi connectivity index (χ1) is 7.59. The van der Waals surface area contributed by atoms with Crippen molar-refractivity contribution in [2.24, 2.45) is 11.7 Å². The molecule has 0 spiro atoms. The van der Waals surface area contributed by atoms with E-state index in [2.05, 4.69) is 19.2 Å². The van der Waals surface area contributed by atoms with E-state index in [-0.39, 0.29) is 11.9 Å². The van der Waals surface area contributed by atoms with E-state index >= 15 is 0 Å². The third-order valence-corrected chi connectivity index (χ3v) is 2.74. The first kappa shape index (κ1) is 13.1. The summed E-state index contributed by atoms with van der Waals surface area (Å²) in [5.74, 6) is 0.317. The molecule has 16 heavy (non-hydrogen) atoms. The smallest absolute Gasteiger partial charge is 0.123 e. The van der Waals surface area contributed by atoms with Gasteiger partial charge in [-0.05, 0) is 36.6 Å². The van der Waals surface area contributed by atoms with Crippen molar-refractivity contribution in [2.45, 2.75) is 26.3 Å². The maximum atomic E-state index is 12.6. The Balaban J connectivity index is 2.18. The average Bonchev–Trinajstić information content (AvgIpc) is 2.26. The summed E-state index contributed by atoms with van der Waals surface area (Å²) in [6, 6.07) is 6.83. The van der Waals surface area contributed by atoms with Crippen molar-refractivity contribution in [3.63, 3.8) is 0 Å². The van der Waals surface area contributed by atoms with Crippen LogP contribution in [0.4, 0.5) is 4.39 Å². The summed E-state index contributed by atoms with van der Waals surface area (Å²) in [4.78, 5) is 0. The minimum absolute atomic E-state index is 0.182. The van der Waals surface area contributed by atoms with Gasteiger partial charge in [0.05, 0.1) is 0 Å². The van der Waals surface area contributed by atoms with Crippen LogP contribution < -0.4 is 11.1 Å². The molecular formula is C13H21FN2. The Kier molecular flexibility index (Phi) is 5.43. The van der Waals surface area contributed by atoms with E-state index in [1.165, 1.54) is 12.1 Å². The molecule has 0 radical (unpaired) electrons. The molecule has 3 N–H and O–H groups in total. The van der Waals surface area contributed by atoms with Crippen molar-refractivity contribution in [3.05, 3.63) is 35.6 Å². The molecule has 0 saturated heterocycles. The molecule has 0 saturated carbocycles. The standard InChI is InChI=1S/C13H21FN2/c1-10(2)13(15)9-16-8-7-11-3-5-12(14)6-4-11/h3-6,10,13,16H,7-9,15H2,1-2H3. The van der Waals surface area contributed by atoms with E-state index in [0.29, 0.717) is 5.92 Å². The Hall–Kier alpha value is -0.930. The lowest BCUT2D eigenvalue weighted by Gasteiger charge is -2.16. The highest BCUT2D eigenvalue weighted by Crippen LogP contribution is 2.03. The molecule has 0 heterocycles. The van der Waals surface area contributed by atoms with Crippen LogP contribution in [0.3, 0.4) is 0 Å². The van der Waals surface area contributed by atoms with Crippen LogP contribution in [0.1, 0.15) is 19.4 Å². The summed E-state index contributed by atoms with van der Waals surface area (Å²) in [6.45, 7) is 5.95. The van der Waals surface area contributed by atoms with Gasteiger partial charge in [0.2, 0.25) is 0 Å². The minimum atomic E-state index is -0.182. The second-order valence-corrected chi connectivity index (χ2v) is 4.49. The molecule has 3 heteroatoms. The normalized spacial score (nSPS) is 13.1. The first-order valence-corrected chi connectivity index (χ1v) is 5.80. The average molecular weight is 224 g/mol. The van der Waals surface area contributed by atoms with Crippen LogP contribution >= 0.6 is 0 Å². The molecule has 90 valence electrons. The predicted octanol–water partition coefficient (Wildman–Crippen LogP) is 1.94. The van der Waals surface area contributed by atoms with Gasteiger partial charge in [-0.2, -0.15) is 0 Å². The molecule has 0 aliphatic heterocycles. The van der Waals surface area contributed by atoms with E-state index < -0.39 is 0 Å². The zero-order chi connectivity index (χ0) is 12.0. The summed E-state index contributed by atoms with van der Waals surface area (Å²) >= 11 is 0. The number of rotatable bonds is 6. The Morgan fingerprint density at radius 1 is 1.25 bits per heavy atom. The highest BCUT2D eigenvalue weighted by molar-refractivity contribution is 5.16. The zero-order valence-corrected chi connectivity index (χ0v) is 10.0. The number of halogens is 1. The van der Waals surface area contributed by atoms with Gasteiger partial charge >= 0.3 is 0 Å². The number of hydrogen-bond acceptors (Lipinski definition) is 2. The summed E-state index contributed by atoms with van der Waals surface area (Å²) in [7, 11) is 0. The van der Waals surface area contributed by atoms with Crippen molar-refractivity contribution >= 4 is 0 Å². The maximum absolute atomic E-state index is 12.6. The molecule has 1 unspecified atom stereocenters. The van der Waals surface area contributed by atoms with Crippen LogP contribution in [0.15, 0.2) is 24.3 Å². The summed E-state index contributed by atoms with van der Waals surface area (Å²) in [5.41, 5.74) is 7.05. The SMILES string of the molecule is CC(C)C(N)CNCCc1ccc(F)cc1. The highest BCUT2D eigenvalue weighted by atomic mass is 19.1. The largest absolute Gasteiger partial charge is 0.326 e. The zero-order valence-electron chi connectivity index (χ0n) is 10.0. The summed E-state index contributed by atoms with van der Waals surface area (Å²) in [5, 5.41) is 3.31. The quantitative estimate of drug-likeness (QED) is 0.725. The van der Waals surface area contributed by atoms with Gasteiger partial charge in [-0.25, -0.2) is 4.39 Å². The number of hydrogen-bond donors (Lipinski definition) is 2. The summed E-state index contributed by atoms with van der Waals surface area (Å²) in [6.07, 6.45) is 0.908. The lowest BCUT2D eigenvalue weighted by Crippen LogP contribution is -2.38. The lowest BCUT2D eigenvalue weighted by molar-refractivity contribution is 0.460. The van der Waals surface area contributed by atoms with Crippen molar-refractivity contribution < 1.29 is 4.39 Å². The van der Waals surface area contributed by atoms with E-state index in [1.54, 1.807) is 0 Å². The Bertz CT molecular complexity index is 295. The van der Waals surface area contributed by atoms with Crippen LogP contribution in [0.2, 0.25) is 0 Å². The molecule has 1 aromatic carbocycles. The van der Waals surface area contributed by atoms with Crippen molar-refractivity contribution in [3.8, 4) is 0 Å². The van der Waals surface area contributed by atoms with Crippen molar-refractivity contribution in [1.82, 2.24) is 5.32 Å². The van der Waals surface area contributed by atoms with Gasteiger partial charge in [-0.3, -0.25) is 0 Å². The van der Waals surface area contributed by atoms with E-state index in [9.17, 15) is 4.39 Å². The Morgan fingerprint density at radius 3 is 2.44 bits per heavy atom. The van der Waals surface area contributed by atoms with Crippen molar-refractivity contribution in [2.75, 3.05) is 13.1 Å². The van der Waals surface area contributed by atoms with E-state index in [1.807, 2.05) is 12.1 Å². The lowest BCUT2D eigenvalue weighted by atomic mass is 10.1. The second kappa shape index (κ2) is 6.61. The maximum Gasteiger partial charge on any atom is 0.123 e. The van der Waals surface area contributed by atoms with Gasteiger partial charge < -0.3 is 11.1 Å². The number of benzene rings is 1. The Morgan fingerprint density at radius 2 is 1.88 bits per heavy atom. The van der Waals surface area contributed by atoms with Crippen LogP contribution in [-0.4, -0.2) is 19.1 Å². The van der Waals surface area contributed by atoms with Crippen LogP contribution in [-0.2, 0) is 6.42 Å². The monoisotopic (exact) mass is 224 g/mol. The third-order valence-electron chi connectivity index (χ3n) is 2.74. The fourth-order valence-corrected chi connectivity index (χ4v) is 1.39. The van der Waals surface area contributed by atoms with Gasteiger partial charge in [0, 0.05) is 12.6 Å². The fourth-order valence-electron chi connectivity index (χ4n) is 1.39. The number of nitrogens with one attached hydrogen (secondary N) is 1. The number of nitrogens with two attached hydrogens (primary N) is 1. The molecule has 0 aromatic heterocycles. The molecule has 0 aliphatic carbocycles. The molecule has 0 amide bonds. The second-order valence-electron chi connectivity index (χ2n) is 4.49. The molecule has 2 nitrogen and oxygen atoms in total. The Labute approximate surface area is 97.0 Å². The van der Waals surface area contributed by atoms with E-state index in [4.69, 9.17) is 5.73 Å². The van der Waals surface area contributed by atoms with Gasteiger partial charge in [0.25, 0.3) is 0 Å². The first-order valence-electron chi connectivity index (χ1n) is 5.80. The van der Waals surface area contributed by atoms with Crippen LogP contribution in [0.25, 0.3) is 0 Å². The minimum Gasteiger partial charge on any atom is -0.326 e. The summed E-state index contributed by atoms with van der Waals surface area (Å²) < 4.78 is 12.6. The molecule has 1 aromatic rings. The van der Waals surface area contributed by atoms with Gasteiger partial charge in [0.15, 0.2) is 0 Å². The topological polar surface area (TPSA) is 38.0 Å². The molecule has 0 aliphatic rings. The van der Waals surface area contributed by atoms with Crippen molar-refractivity contribution in [1.29, 1.82) is 0 Å². The van der Waals surface area contributed by atoms with E-state index in [0.717, 1.165) is 25.1 Å². The molecule has 1 atom stereocenters. The molecule has 1 rings (SSSR count). The molecule has 0 fully saturated rings. The van der Waals surface area contributed by atoms with Gasteiger partial charge in [-0.1, -0.05) is 26.0 Å². The highest BCUT2D eigenvalue weighted by Gasteiger charge is 2.05. The third kappa shape index (κ3) is 4.73. The molecule has 0 bridgehead atoms. The fraction of sp³-hybridized carbons (Fsp3) is 0.538.